The largest absolute Gasteiger partial charge is 0.481 e. The summed E-state index contributed by atoms with van der Waals surface area (Å²) in [5.74, 6) is -17.9. The summed E-state index contributed by atoms with van der Waals surface area (Å²) in [5.41, 5.74) is 7.02. The maximum absolute atomic E-state index is 14.7. The van der Waals surface area contributed by atoms with Crippen LogP contribution < -0.4 is 74.9 Å². The molecule has 0 saturated carbocycles. The van der Waals surface area contributed by atoms with Gasteiger partial charge in [0.25, 0.3) is 0 Å². The van der Waals surface area contributed by atoms with E-state index < -0.39 is 221 Å². The molecule has 1 aromatic carbocycles. The number of likely N-dealkylation sites (tertiary alicyclic amines) is 1. The number of carboxylic acids is 2. The van der Waals surface area contributed by atoms with E-state index in [4.69, 9.17) is 5.73 Å². The highest BCUT2D eigenvalue weighted by atomic mass is 16.4. The Hall–Kier alpha value is -9.34. The Labute approximate surface area is 678 Å². The third-order valence-corrected chi connectivity index (χ3v) is 19.3. The highest BCUT2D eigenvalue weighted by Crippen LogP contribution is 2.23. The quantitative estimate of drug-likeness (QED) is 0.0441. The molecule has 14 amide bonds. The minimum atomic E-state index is -1.81. The van der Waals surface area contributed by atoms with Gasteiger partial charge in [0.1, 0.15) is 84.6 Å². The zero-order chi connectivity index (χ0) is 87.9. The van der Waals surface area contributed by atoms with E-state index in [9.17, 15) is 92.0 Å². The number of rotatable bonds is 49. The first kappa shape index (κ1) is 102. The lowest BCUT2D eigenvalue weighted by molar-refractivity contribution is -0.144. The third-order valence-electron chi connectivity index (χ3n) is 19.3. The van der Waals surface area contributed by atoms with E-state index in [0.717, 1.165) is 5.56 Å². The van der Waals surface area contributed by atoms with E-state index in [1.807, 2.05) is 47.6 Å². The SMILES string of the molecule is CC(C)C[C@H](NC(=O)[C@H](C)NC(=O)[C@H](CC(=O)O)NC(=O)[C@@H](NC(=O)[C@H](CC(C)C)NC(=O)[C@@H](N)Cc1ccccc1)C(C)C)C(=O)N[C@H](C(=O)N[C@H](C(=O)N[C@@H](CC(C)C)C(=O)N[C@@H](CC(C)C)C(=O)N[C@H](C(=O)N1CCC[C@H]1C(=O)N[C@@H](CC(C)C)C(=O)N[C@@H](CC(C)C)C(=O)N[C@H](C(=O)O)C(C)C)C(C)C)[C@@H](C)O)C(C)C. The molecule has 115 heavy (non-hydrogen) atoms. The number of carboxylic acid groups (broad SMARTS) is 2. The number of carbonyl (C=O) groups excluding carboxylic acids is 14. The Balaban J connectivity index is 2.35. The Bertz CT molecular complexity index is 3440. The van der Waals surface area contributed by atoms with Gasteiger partial charge in [-0.25, -0.2) is 4.79 Å². The van der Waals surface area contributed by atoms with Gasteiger partial charge in [-0.05, 0) is 136 Å². The van der Waals surface area contributed by atoms with Crippen LogP contribution in [0.2, 0.25) is 0 Å². The smallest absolute Gasteiger partial charge is 0.326 e. The zero-order valence-corrected chi connectivity index (χ0v) is 71.6. The molecule has 34 nitrogen and oxygen atoms in total. The first-order valence-electron chi connectivity index (χ1n) is 40.5. The van der Waals surface area contributed by atoms with Crippen LogP contribution in [0.4, 0.5) is 0 Å². The number of aliphatic carboxylic acids is 2. The summed E-state index contributed by atoms with van der Waals surface area (Å²) in [6.45, 7) is 37.1. The van der Waals surface area contributed by atoms with Gasteiger partial charge in [0.15, 0.2) is 0 Å². The van der Waals surface area contributed by atoms with Crippen molar-refractivity contribution in [3.05, 3.63) is 35.9 Å². The molecule has 1 aromatic rings. The maximum atomic E-state index is 14.7. The number of benzene rings is 1. The minimum absolute atomic E-state index is 0.0235. The summed E-state index contributed by atoms with van der Waals surface area (Å²) >= 11 is 0. The Morgan fingerprint density at radius 2 is 0.670 bits per heavy atom. The molecule has 1 aliphatic heterocycles. The molecule has 1 aliphatic rings. The van der Waals surface area contributed by atoms with Crippen molar-refractivity contribution in [1.82, 2.24) is 74.0 Å². The van der Waals surface area contributed by atoms with Crippen LogP contribution in [0, 0.1) is 59.2 Å². The van der Waals surface area contributed by atoms with E-state index in [0.29, 0.717) is 6.42 Å². The average Bonchev–Trinajstić information content (AvgIpc) is 1.74. The van der Waals surface area contributed by atoms with Crippen molar-refractivity contribution in [2.75, 3.05) is 6.54 Å². The van der Waals surface area contributed by atoms with Crippen LogP contribution >= 0.6 is 0 Å². The lowest BCUT2D eigenvalue weighted by Crippen LogP contribution is -2.63. The monoisotopic (exact) mass is 1620 g/mol. The first-order chi connectivity index (χ1) is 53.4. The fourth-order valence-electron chi connectivity index (χ4n) is 13.1. The number of carbonyl (C=O) groups is 16. The summed E-state index contributed by atoms with van der Waals surface area (Å²) in [5, 5.41) is 64.8. The van der Waals surface area contributed by atoms with Gasteiger partial charge in [-0.3, -0.25) is 71.9 Å². The van der Waals surface area contributed by atoms with Crippen molar-refractivity contribution in [3.8, 4) is 0 Å². The van der Waals surface area contributed by atoms with Gasteiger partial charge in [0.05, 0.1) is 18.6 Å². The molecule has 650 valence electrons. The van der Waals surface area contributed by atoms with E-state index in [-0.39, 0.29) is 93.4 Å². The molecule has 2 rings (SSSR count). The van der Waals surface area contributed by atoms with Crippen molar-refractivity contribution in [3.63, 3.8) is 0 Å². The van der Waals surface area contributed by atoms with Crippen LogP contribution in [-0.2, 0) is 83.1 Å². The molecule has 0 radical (unpaired) electrons. The lowest BCUT2D eigenvalue weighted by Gasteiger charge is -2.33. The summed E-state index contributed by atoms with van der Waals surface area (Å²) in [6, 6.07) is -11.0. The van der Waals surface area contributed by atoms with Gasteiger partial charge < -0.3 is 95.1 Å². The Morgan fingerprint density at radius 1 is 0.365 bits per heavy atom. The summed E-state index contributed by atoms with van der Waals surface area (Å²) in [7, 11) is 0. The normalized spacial score (nSPS) is 17.0. The fourth-order valence-corrected chi connectivity index (χ4v) is 13.1. The van der Waals surface area contributed by atoms with Gasteiger partial charge in [0, 0.05) is 6.54 Å². The molecule has 0 bridgehead atoms. The molecule has 1 fully saturated rings. The van der Waals surface area contributed by atoms with Crippen LogP contribution in [0.25, 0.3) is 0 Å². The van der Waals surface area contributed by atoms with Crippen molar-refractivity contribution in [1.29, 1.82) is 0 Å². The third kappa shape index (κ3) is 35.3. The van der Waals surface area contributed by atoms with Crippen LogP contribution in [0.3, 0.4) is 0 Å². The van der Waals surface area contributed by atoms with Crippen molar-refractivity contribution in [2.45, 2.75) is 313 Å². The molecule has 0 spiro atoms. The number of nitrogens with two attached hydrogens (primary N) is 1. The zero-order valence-electron chi connectivity index (χ0n) is 71.6. The molecule has 0 unspecified atom stereocenters. The molecule has 16 atom stereocenters. The van der Waals surface area contributed by atoms with Gasteiger partial charge in [-0.2, -0.15) is 0 Å². The number of nitrogens with zero attached hydrogens (tertiary/aromatic N) is 1. The van der Waals surface area contributed by atoms with E-state index >= 15 is 0 Å². The number of hydrogen-bond donors (Lipinski definition) is 17. The van der Waals surface area contributed by atoms with E-state index in [2.05, 4.69) is 69.1 Å². The van der Waals surface area contributed by atoms with Crippen molar-refractivity contribution >= 4 is 94.6 Å². The van der Waals surface area contributed by atoms with Crippen LogP contribution in [-0.4, -0.2) is 218 Å². The predicted octanol–water partition coefficient (Wildman–Crippen LogP) is 1.71. The molecule has 1 saturated heterocycles. The van der Waals surface area contributed by atoms with Gasteiger partial charge >= 0.3 is 11.9 Å². The number of hydrogen-bond acceptors (Lipinski definition) is 18. The highest BCUT2D eigenvalue weighted by molar-refractivity contribution is 6.01. The molecule has 34 heteroatoms. The van der Waals surface area contributed by atoms with E-state index in [1.54, 1.807) is 121 Å². The van der Waals surface area contributed by atoms with Crippen LogP contribution in [0.1, 0.15) is 216 Å². The molecular weight excluding hydrogens is 1490 g/mol. The molecular formula is C81H137N15O19. The molecule has 1 heterocycles. The molecule has 0 aliphatic carbocycles. The maximum Gasteiger partial charge on any atom is 0.326 e. The topological polar surface area (TPSA) is 519 Å². The predicted molar refractivity (Wildman–Crippen MR) is 431 cm³/mol. The fraction of sp³-hybridized carbons (Fsp3) is 0.728. The van der Waals surface area contributed by atoms with Gasteiger partial charge in [-0.15, -0.1) is 0 Å². The van der Waals surface area contributed by atoms with Crippen LogP contribution in [0.15, 0.2) is 30.3 Å². The summed E-state index contributed by atoms with van der Waals surface area (Å²) in [6.07, 6.45) is -1.42. The molecule has 0 aromatic heterocycles. The second-order valence-electron chi connectivity index (χ2n) is 34.5. The van der Waals surface area contributed by atoms with Gasteiger partial charge in [-0.1, -0.05) is 169 Å². The number of aliphatic hydroxyl groups excluding tert-OH is 1. The van der Waals surface area contributed by atoms with Crippen molar-refractivity contribution < 1.29 is 92.0 Å². The Morgan fingerprint density at radius 3 is 1.03 bits per heavy atom. The summed E-state index contributed by atoms with van der Waals surface area (Å²) < 4.78 is 0. The average molecular weight is 1630 g/mol. The summed E-state index contributed by atoms with van der Waals surface area (Å²) in [4.78, 5) is 223. The first-order valence-corrected chi connectivity index (χ1v) is 40.5. The number of nitrogens with one attached hydrogen (secondary N) is 13. The number of aliphatic hydroxyl groups is 1. The highest BCUT2D eigenvalue weighted by Gasteiger charge is 2.44. The second-order valence-corrected chi connectivity index (χ2v) is 34.5. The minimum Gasteiger partial charge on any atom is -0.481 e. The lowest BCUT2D eigenvalue weighted by atomic mass is 9.97. The second kappa shape index (κ2) is 48.9. The molecule has 18 N–H and O–H groups in total. The standard InChI is InChI=1S/C81H137N15O19/c1-39(2)31-53(70(103)87-58(36-44(11)12)75(108)94-65(48(19)20)81(114)115)88-76(109)60-29-26-30-96(60)80(113)64(47(17)18)93-74(107)57(35-43(9)10)86-71(104)54(32-40(3)4)89-79(112)66(50(22)97)95-78(111)63(46(15)16)92-72(105)55(33-41(5)6)84-67(100)49(21)83-69(102)59(38-61(98)99)90-77(110)62(45(13)14)91-73(106)56(34-42(7)8)85-68(101)52(82)37-51-27-24-23-25-28-51/h23-25,27-28,39-50,52-60,62-66,97H,26,29-38,82H2,1-22H3,(H,83,102)(H,84,100)(H,85,101)(H,86,104)(H,87,103)(H,88,109)(H,89,112)(H,90,110)(H,91,106)(H,92,105)(H,93,107)(H,94,108)(H,95,111)(H,98,99)(H,114,115)/t49-,50+,52-,53-,54-,55-,56-,57-,58-,59-,60-,62-,63-,64-,65-,66-/m0/s1. The number of amides is 14. The van der Waals surface area contributed by atoms with Crippen molar-refractivity contribution in [2.24, 2.45) is 64.9 Å². The van der Waals surface area contributed by atoms with Crippen LogP contribution in [0.5, 0.6) is 0 Å². The van der Waals surface area contributed by atoms with Gasteiger partial charge in [0.2, 0.25) is 82.7 Å². The van der Waals surface area contributed by atoms with E-state index in [1.165, 1.54) is 18.7 Å². The Kier molecular flexibility index (Phi) is 43.3.